The van der Waals surface area contributed by atoms with Crippen molar-refractivity contribution < 1.29 is 9.47 Å². The second-order valence-corrected chi connectivity index (χ2v) is 4.04. The Morgan fingerprint density at radius 1 is 1.33 bits per heavy atom. The molecule has 0 bridgehead atoms. The average molecular weight is 216 g/mol. The summed E-state index contributed by atoms with van der Waals surface area (Å²) in [6.07, 6.45) is 2.86. The summed E-state index contributed by atoms with van der Waals surface area (Å²) in [5.41, 5.74) is 0. The van der Waals surface area contributed by atoms with E-state index in [-0.39, 0.29) is 0 Å². The largest absolute Gasteiger partial charge is 0.383 e. The van der Waals surface area contributed by atoms with Gasteiger partial charge in [0.05, 0.1) is 12.7 Å². The Morgan fingerprint density at radius 3 is 2.87 bits per heavy atom. The highest BCUT2D eigenvalue weighted by Gasteiger charge is 2.20. The van der Waals surface area contributed by atoms with Gasteiger partial charge in [-0.05, 0) is 25.9 Å². The van der Waals surface area contributed by atoms with Gasteiger partial charge < -0.3 is 19.7 Å². The summed E-state index contributed by atoms with van der Waals surface area (Å²) >= 11 is 0. The molecule has 1 rings (SSSR count). The number of rotatable bonds is 8. The highest BCUT2D eigenvalue weighted by atomic mass is 16.5. The molecule has 0 amide bonds. The predicted molar refractivity (Wildman–Crippen MR) is 61.2 cm³/mol. The number of methoxy groups -OCH3 is 2. The Kier molecular flexibility index (Phi) is 6.92. The zero-order valence-electron chi connectivity index (χ0n) is 10.00. The minimum atomic E-state index is 0.464. The Bertz CT molecular complexity index is 156. The smallest absolute Gasteiger partial charge is 0.0710 e. The van der Waals surface area contributed by atoms with Crippen LogP contribution in [0.2, 0.25) is 0 Å². The number of ether oxygens (including phenoxy) is 2. The van der Waals surface area contributed by atoms with Gasteiger partial charge in [-0.3, -0.25) is 0 Å². The van der Waals surface area contributed by atoms with E-state index in [4.69, 9.17) is 9.47 Å². The second kappa shape index (κ2) is 8.05. The third-order valence-corrected chi connectivity index (χ3v) is 2.87. The van der Waals surface area contributed by atoms with Gasteiger partial charge in [-0.2, -0.15) is 0 Å². The molecule has 0 spiro atoms. The number of hydrogen-bond acceptors (Lipinski definition) is 4. The van der Waals surface area contributed by atoms with Crippen LogP contribution in [0, 0.1) is 0 Å². The Labute approximate surface area is 92.9 Å². The van der Waals surface area contributed by atoms with Gasteiger partial charge in [-0.25, -0.2) is 0 Å². The lowest BCUT2D eigenvalue weighted by atomic mass is 10.3. The zero-order valence-corrected chi connectivity index (χ0v) is 10.00. The van der Waals surface area contributed by atoms with Crippen molar-refractivity contribution in [1.82, 2.24) is 10.2 Å². The molecule has 1 saturated heterocycles. The molecule has 1 aliphatic heterocycles. The van der Waals surface area contributed by atoms with Gasteiger partial charge in [-0.1, -0.05) is 0 Å². The third kappa shape index (κ3) is 5.47. The molecule has 1 atom stereocenters. The first-order valence-corrected chi connectivity index (χ1v) is 5.81. The van der Waals surface area contributed by atoms with Crippen LogP contribution in [0.3, 0.4) is 0 Å². The van der Waals surface area contributed by atoms with Crippen LogP contribution in [0.4, 0.5) is 0 Å². The van der Waals surface area contributed by atoms with Gasteiger partial charge in [-0.15, -0.1) is 0 Å². The fourth-order valence-electron chi connectivity index (χ4n) is 1.92. The van der Waals surface area contributed by atoms with Crippen molar-refractivity contribution >= 4 is 0 Å². The highest BCUT2D eigenvalue weighted by Crippen LogP contribution is 2.11. The van der Waals surface area contributed by atoms with Gasteiger partial charge in [0.1, 0.15) is 0 Å². The van der Waals surface area contributed by atoms with Crippen LogP contribution in [0.15, 0.2) is 0 Å². The molecular formula is C11H24N2O2. The SMILES string of the molecule is COCCNCCCN1CCC(OC)C1. The first-order valence-electron chi connectivity index (χ1n) is 5.81. The van der Waals surface area contributed by atoms with Gasteiger partial charge in [0.25, 0.3) is 0 Å². The highest BCUT2D eigenvalue weighted by molar-refractivity contribution is 4.75. The Balaban J connectivity index is 1.88. The van der Waals surface area contributed by atoms with Crippen LogP contribution >= 0.6 is 0 Å². The van der Waals surface area contributed by atoms with Crippen molar-refractivity contribution in [2.24, 2.45) is 0 Å². The summed E-state index contributed by atoms with van der Waals surface area (Å²) in [5.74, 6) is 0. The van der Waals surface area contributed by atoms with Gasteiger partial charge in [0.15, 0.2) is 0 Å². The molecule has 0 aromatic heterocycles. The van der Waals surface area contributed by atoms with Crippen molar-refractivity contribution in [3.8, 4) is 0 Å². The lowest BCUT2D eigenvalue weighted by molar-refractivity contribution is 0.108. The summed E-state index contributed by atoms with van der Waals surface area (Å²) in [6, 6.07) is 0. The standard InChI is InChI=1S/C11H24N2O2/c1-14-9-6-12-5-3-7-13-8-4-11(10-13)15-2/h11-12H,3-10H2,1-2H3. The molecule has 1 aliphatic rings. The average Bonchev–Trinajstić information content (AvgIpc) is 2.71. The molecule has 1 fully saturated rings. The van der Waals surface area contributed by atoms with Crippen molar-refractivity contribution in [2.75, 3.05) is 53.6 Å². The molecule has 0 aromatic rings. The minimum absolute atomic E-state index is 0.464. The maximum absolute atomic E-state index is 5.33. The molecule has 1 N–H and O–H groups in total. The quantitative estimate of drug-likeness (QED) is 0.593. The minimum Gasteiger partial charge on any atom is -0.383 e. The number of nitrogens with one attached hydrogen (secondary N) is 1. The molecule has 15 heavy (non-hydrogen) atoms. The van der Waals surface area contributed by atoms with Gasteiger partial charge in [0, 0.05) is 33.9 Å². The molecule has 0 saturated carbocycles. The van der Waals surface area contributed by atoms with Gasteiger partial charge in [0.2, 0.25) is 0 Å². The van der Waals surface area contributed by atoms with Crippen molar-refractivity contribution in [2.45, 2.75) is 18.9 Å². The van der Waals surface area contributed by atoms with E-state index in [1.165, 1.54) is 25.9 Å². The fraction of sp³-hybridized carbons (Fsp3) is 1.00. The van der Waals surface area contributed by atoms with Crippen molar-refractivity contribution in [3.63, 3.8) is 0 Å². The van der Waals surface area contributed by atoms with E-state index < -0.39 is 0 Å². The summed E-state index contributed by atoms with van der Waals surface area (Å²) in [7, 11) is 3.54. The van der Waals surface area contributed by atoms with E-state index in [2.05, 4.69) is 10.2 Å². The topological polar surface area (TPSA) is 33.7 Å². The van der Waals surface area contributed by atoms with E-state index in [1.54, 1.807) is 14.2 Å². The van der Waals surface area contributed by atoms with E-state index >= 15 is 0 Å². The molecule has 0 aliphatic carbocycles. The van der Waals surface area contributed by atoms with Crippen LogP contribution in [-0.2, 0) is 9.47 Å². The lowest BCUT2D eigenvalue weighted by Gasteiger charge is -2.15. The summed E-state index contributed by atoms with van der Waals surface area (Å²) in [4.78, 5) is 2.48. The van der Waals surface area contributed by atoms with Crippen molar-refractivity contribution in [3.05, 3.63) is 0 Å². The lowest BCUT2D eigenvalue weighted by Crippen LogP contribution is -2.28. The molecule has 1 heterocycles. The van der Waals surface area contributed by atoms with Crippen LogP contribution in [0.5, 0.6) is 0 Å². The normalized spacial score (nSPS) is 22.4. The molecule has 0 radical (unpaired) electrons. The Morgan fingerprint density at radius 2 is 2.20 bits per heavy atom. The number of likely N-dealkylation sites (tertiary alicyclic amines) is 1. The van der Waals surface area contributed by atoms with E-state index in [0.717, 1.165) is 26.2 Å². The summed E-state index contributed by atoms with van der Waals surface area (Å²) < 4.78 is 10.3. The van der Waals surface area contributed by atoms with Crippen molar-refractivity contribution in [1.29, 1.82) is 0 Å². The molecular weight excluding hydrogens is 192 g/mol. The molecule has 90 valence electrons. The number of nitrogens with zero attached hydrogens (tertiary/aromatic N) is 1. The molecule has 4 heteroatoms. The summed E-state index contributed by atoms with van der Waals surface area (Å²) in [5, 5.41) is 3.35. The van der Waals surface area contributed by atoms with Crippen LogP contribution in [0.1, 0.15) is 12.8 Å². The van der Waals surface area contributed by atoms with E-state index in [1.807, 2.05) is 0 Å². The third-order valence-electron chi connectivity index (χ3n) is 2.87. The number of hydrogen-bond donors (Lipinski definition) is 1. The zero-order chi connectivity index (χ0) is 10.9. The first-order chi connectivity index (χ1) is 7.36. The molecule has 0 aromatic carbocycles. The Hall–Kier alpha value is -0.160. The molecule has 4 nitrogen and oxygen atoms in total. The maximum Gasteiger partial charge on any atom is 0.0710 e. The maximum atomic E-state index is 5.33. The van der Waals surface area contributed by atoms with Gasteiger partial charge >= 0.3 is 0 Å². The predicted octanol–water partition coefficient (Wildman–Crippen LogP) is 0.333. The van der Waals surface area contributed by atoms with E-state index in [9.17, 15) is 0 Å². The van der Waals surface area contributed by atoms with E-state index in [0.29, 0.717) is 6.10 Å². The summed E-state index contributed by atoms with van der Waals surface area (Å²) in [6.45, 7) is 6.31. The first kappa shape index (κ1) is 12.9. The second-order valence-electron chi connectivity index (χ2n) is 4.04. The molecule has 1 unspecified atom stereocenters. The monoisotopic (exact) mass is 216 g/mol. The van der Waals surface area contributed by atoms with Crippen LogP contribution < -0.4 is 5.32 Å². The van der Waals surface area contributed by atoms with Crippen LogP contribution in [-0.4, -0.2) is 64.6 Å². The fourth-order valence-corrected chi connectivity index (χ4v) is 1.92. The van der Waals surface area contributed by atoms with Crippen LogP contribution in [0.25, 0.3) is 0 Å².